The molecule has 0 bridgehead atoms. The molecule has 2 rings (SSSR count). The molecule has 6 heteroatoms. The van der Waals surface area contributed by atoms with E-state index in [0.717, 1.165) is 0 Å². The standard InChI is InChI=1S/C12H6Cl3NO2/c13-7-2-8(14)12(9(15)3-7)6-1-11(18)10(5-17)16-4-6/h1-5,18H. The Morgan fingerprint density at radius 3 is 2.22 bits per heavy atom. The summed E-state index contributed by atoms with van der Waals surface area (Å²) in [4.78, 5) is 14.4. The van der Waals surface area contributed by atoms with Gasteiger partial charge in [-0.1, -0.05) is 34.8 Å². The fraction of sp³-hybridized carbons (Fsp3) is 0. The summed E-state index contributed by atoms with van der Waals surface area (Å²) in [5.74, 6) is -0.232. The Bertz CT molecular complexity index is 606. The molecule has 3 nitrogen and oxygen atoms in total. The Morgan fingerprint density at radius 2 is 1.72 bits per heavy atom. The van der Waals surface area contributed by atoms with Gasteiger partial charge in [0, 0.05) is 22.3 Å². The van der Waals surface area contributed by atoms with Crippen molar-refractivity contribution in [3.63, 3.8) is 0 Å². The predicted octanol–water partition coefficient (Wildman–Crippen LogP) is 4.23. The second-order valence-corrected chi connectivity index (χ2v) is 4.74. The zero-order valence-corrected chi connectivity index (χ0v) is 11.1. The maximum Gasteiger partial charge on any atom is 0.172 e. The van der Waals surface area contributed by atoms with Gasteiger partial charge in [-0.25, -0.2) is 4.98 Å². The van der Waals surface area contributed by atoms with Crippen molar-refractivity contribution in [1.82, 2.24) is 4.98 Å². The molecule has 1 aromatic heterocycles. The minimum absolute atomic E-state index is 0.0417. The zero-order chi connectivity index (χ0) is 13.3. The number of benzene rings is 1. The molecule has 0 radical (unpaired) electrons. The van der Waals surface area contributed by atoms with Crippen LogP contribution >= 0.6 is 34.8 Å². The van der Waals surface area contributed by atoms with E-state index in [2.05, 4.69) is 4.98 Å². The highest BCUT2D eigenvalue weighted by Crippen LogP contribution is 2.38. The molecule has 0 spiro atoms. The molecule has 0 amide bonds. The molecule has 1 N–H and O–H groups in total. The Kier molecular flexibility index (Phi) is 3.76. The number of rotatable bonds is 2. The molecule has 0 aliphatic carbocycles. The monoisotopic (exact) mass is 301 g/mol. The Balaban J connectivity index is 2.62. The number of hydrogen-bond acceptors (Lipinski definition) is 3. The summed E-state index contributed by atoms with van der Waals surface area (Å²) in [6.07, 6.45) is 1.87. The lowest BCUT2D eigenvalue weighted by atomic mass is 10.1. The summed E-state index contributed by atoms with van der Waals surface area (Å²) in [6.45, 7) is 0. The molecule has 1 aromatic carbocycles. The Hall–Kier alpha value is -1.29. The van der Waals surface area contributed by atoms with Gasteiger partial charge in [-0.3, -0.25) is 4.79 Å². The number of halogens is 3. The third-order valence-electron chi connectivity index (χ3n) is 2.30. The predicted molar refractivity (Wildman–Crippen MR) is 71.8 cm³/mol. The van der Waals surface area contributed by atoms with E-state index in [4.69, 9.17) is 34.8 Å². The molecule has 92 valence electrons. The first-order valence-corrected chi connectivity index (χ1v) is 5.95. The Labute approximate surface area is 118 Å². The summed E-state index contributed by atoms with van der Waals surface area (Å²) < 4.78 is 0. The van der Waals surface area contributed by atoms with Gasteiger partial charge in [0.25, 0.3) is 0 Å². The van der Waals surface area contributed by atoms with E-state index in [1.807, 2.05) is 0 Å². The number of carbonyl (C=O) groups excluding carboxylic acids is 1. The van der Waals surface area contributed by atoms with E-state index in [1.165, 1.54) is 24.4 Å². The lowest BCUT2D eigenvalue weighted by Gasteiger charge is -2.08. The van der Waals surface area contributed by atoms with Crippen molar-refractivity contribution in [2.45, 2.75) is 0 Å². The summed E-state index contributed by atoms with van der Waals surface area (Å²) in [5, 5.41) is 10.7. The van der Waals surface area contributed by atoms with Crippen molar-refractivity contribution in [3.8, 4) is 16.9 Å². The van der Waals surface area contributed by atoms with Crippen molar-refractivity contribution >= 4 is 41.1 Å². The quantitative estimate of drug-likeness (QED) is 0.845. The minimum atomic E-state index is -0.232. The lowest BCUT2D eigenvalue weighted by Crippen LogP contribution is -1.90. The zero-order valence-electron chi connectivity index (χ0n) is 8.82. The van der Waals surface area contributed by atoms with Crippen LogP contribution in [0.5, 0.6) is 5.75 Å². The second kappa shape index (κ2) is 5.14. The van der Waals surface area contributed by atoms with Crippen molar-refractivity contribution in [2.75, 3.05) is 0 Å². The highest BCUT2D eigenvalue weighted by Gasteiger charge is 2.12. The van der Waals surface area contributed by atoms with Gasteiger partial charge in [0.15, 0.2) is 6.29 Å². The third kappa shape index (κ3) is 2.43. The number of nitrogens with zero attached hydrogens (tertiary/aromatic N) is 1. The lowest BCUT2D eigenvalue weighted by molar-refractivity contribution is 0.111. The van der Waals surface area contributed by atoms with Crippen LogP contribution in [-0.2, 0) is 0 Å². The highest BCUT2D eigenvalue weighted by molar-refractivity contribution is 6.41. The molecule has 0 aliphatic heterocycles. The van der Waals surface area contributed by atoms with E-state index in [0.29, 0.717) is 32.5 Å². The van der Waals surface area contributed by atoms with E-state index >= 15 is 0 Å². The van der Waals surface area contributed by atoms with E-state index < -0.39 is 0 Å². The van der Waals surface area contributed by atoms with Crippen molar-refractivity contribution in [2.24, 2.45) is 0 Å². The number of hydrogen-bond donors (Lipinski definition) is 1. The van der Waals surface area contributed by atoms with E-state index in [-0.39, 0.29) is 11.4 Å². The molecule has 1 heterocycles. The van der Waals surface area contributed by atoms with Gasteiger partial charge < -0.3 is 5.11 Å². The molecular formula is C12H6Cl3NO2. The van der Waals surface area contributed by atoms with Crippen LogP contribution in [-0.4, -0.2) is 16.4 Å². The van der Waals surface area contributed by atoms with Crippen molar-refractivity contribution in [3.05, 3.63) is 45.2 Å². The van der Waals surface area contributed by atoms with Gasteiger partial charge in [0.2, 0.25) is 0 Å². The SMILES string of the molecule is O=Cc1ncc(-c2c(Cl)cc(Cl)cc2Cl)cc1O. The van der Waals surface area contributed by atoms with Crippen molar-refractivity contribution in [1.29, 1.82) is 0 Å². The first-order valence-electron chi connectivity index (χ1n) is 4.82. The summed E-state index contributed by atoms with van der Waals surface area (Å²) >= 11 is 17.9. The van der Waals surface area contributed by atoms with E-state index in [1.54, 1.807) is 0 Å². The fourth-order valence-electron chi connectivity index (χ4n) is 1.51. The van der Waals surface area contributed by atoms with Crippen LogP contribution in [0.3, 0.4) is 0 Å². The van der Waals surface area contributed by atoms with Gasteiger partial charge in [-0.05, 0) is 18.2 Å². The van der Waals surface area contributed by atoms with Crippen LogP contribution < -0.4 is 0 Å². The smallest absolute Gasteiger partial charge is 0.172 e. The minimum Gasteiger partial charge on any atom is -0.506 e. The normalized spacial score (nSPS) is 10.4. The number of pyridine rings is 1. The molecule has 0 saturated heterocycles. The molecule has 0 unspecified atom stereocenters. The molecule has 0 atom stereocenters. The third-order valence-corrected chi connectivity index (χ3v) is 3.12. The molecule has 18 heavy (non-hydrogen) atoms. The number of aromatic nitrogens is 1. The molecule has 2 aromatic rings. The summed E-state index contributed by atoms with van der Waals surface area (Å²) in [6, 6.07) is 4.45. The summed E-state index contributed by atoms with van der Waals surface area (Å²) in [5.41, 5.74) is 0.965. The maximum atomic E-state index is 10.6. The van der Waals surface area contributed by atoms with Crippen LogP contribution in [0.25, 0.3) is 11.1 Å². The van der Waals surface area contributed by atoms with E-state index in [9.17, 15) is 9.90 Å². The molecule has 0 saturated carbocycles. The average molecular weight is 303 g/mol. The van der Waals surface area contributed by atoms with Crippen LogP contribution in [0.1, 0.15) is 10.5 Å². The Morgan fingerprint density at radius 1 is 1.11 bits per heavy atom. The van der Waals surface area contributed by atoms with Gasteiger partial charge in [-0.2, -0.15) is 0 Å². The molecular weight excluding hydrogens is 296 g/mol. The van der Waals surface area contributed by atoms with Crippen LogP contribution in [0.15, 0.2) is 24.4 Å². The fourth-order valence-corrected chi connectivity index (χ4v) is 2.54. The van der Waals surface area contributed by atoms with Gasteiger partial charge in [0.1, 0.15) is 11.4 Å². The number of aromatic hydroxyl groups is 1. The average Bonchev–Trinajstić information content (AvgIpc) is 2.27. The number of carbonyl (C=O) groups is 1. The second-order valence-electron chi connectivity index (χ2n) is 3.49. The molecule has 0 fully saturated rings. The summed E-state index contributed by atoms with van der Waals surface area (Å²) in [7, 11) is 0. The van der Waals surface area contributed by atoms with Crippen molar-refractivity contribution < 1.29 is 9.90 Å². The van der Waals surface area contributed by atoms with Crippen LogP contribution in [0, 0.1) is 0 Å². The first-order chi connectivity index (χ1) is 8.52. The maximum absolute atomic E-state index is 10.6. The van der Waals surface area contributed by atoms with Gasteiger partial charge >= 0.3 is 0 Å². The van der Waals surface area contributed by atoms with Gasteiger partial charge in [-0.15, -0.1) is 0 Å². The number of aldehydes is 1. The van der Waals surface area contributed by atoms with Crippen LogP contribution in [0.2, 0.25) is 15.1 Å². The van der Waals surface area contributed by atoms with Gasteiger partial charge in [0.05, 0.1) is 10.0 Å². The topological polar surface area (TPSA) is 50.2 Å². The molecule has 0 aliphatic rings. The first kappa shape index (κ1) is 13.1. The largest absolute Gasteiger partial charge is 0.506 e. The van der Waals surface area contributed by atoms with Crippen LogP contribution in [0.4, 0.5) is 0 Å². The highest BCUT2D eigenvalue weighted by atomic mass is 35.5.